The Labute approximate surface area is 131 Å². The van der Waals surface area contributed by atoms with E-state index in [4.69, 9.17) is 4.74 Å². The number of ether oxygens (including phenoxy) is 1. The molecule has 5 heteroatoms. The minimum atomic E-state index is -0.904. The molecule has 1 aromatic rings. The van der Waals surface area contributed by atoms with Gasteiger partial charge < -0.3 is 15.2 Å². The number of aliphatic carboxylic acids is 1. The number of carboxylic acid groups (broad SMARTS) is 1. The van der Waals surface area contributed by atoms with Crippen molar-refractivity contribution in [1.29, 1.82) is 0 Å². The predicted molar refractivity (Wildman–Crippen MR) is 85.0 cm³/mol. The standard InChI is InChI=1S/C17H25NO4/c1-4-13-7-9-14(10-8-13)22-11-15(19)18-12-17(5-2,6-3)16(20)21/h7-10H,4-6,11-12H2,1-3H3,(H,18,19)(H,20,21). The van der Waals surface area contributed by atoms with Crippen molar-refractivity contribution in [3.63, 3.8) is 0 Å². The lowest BCUT2D eigenvalue weighted by Crippen LogP contribution is -2.43. The molecule has 0 heterocycles. The third kappa shape index (κ3) is 4.76. The quantitative estimate of drug-likeness (QED) is 0.735. The second kappa shape index (κ2) is 8.41. The van der Waals surface area contributed by atoms with Crippen LogP contribution in [0.4, 0.5) is 0 Å². The van der Waals surface area contributed by atoms with Gasteiger partial charge in [-0.3, -0.25) is 9.59 Å². The van der Waals surface area contributed by atoms with Gasteiger partial charge in [0.15, 0.2) is 6.61 Å². The highest BCUT2D eigenvalue weighted by Crippen LogP contribution is 2.25. The molecule has 0 bridgehead atoms. The molecule has 0 aliphatic rings. The molecular weight excluding hydrogens is 282 g/mol. The monoisotopic (exact) mass is 307 g/mol. The first-order chi connectivity index (χ1) is 10.5. The van der Waals surface area contributed by atoms with E-state index in [1.54, 1.807) is 0 Å². The molecule has 1 aromatic carbocycles. The van der Waals surface area contributed by atoms with Crippen LogP contribution in [0.5, 0.6) is 5.75 Å². The van der Waals surface area contributed by atoms with E-state index in [0.717, 1.165) is 6.42 Å². The summed E-state index contributed by atoms with van der Waals surface area (Å²) in [6.45, 7) is 5.70. The predicted octanol–water partition coefficient (Wildman–Crippen LogP) is 2.63. The largest absolute Gasteiger partial charge is 0.484 e. The Kier molecular flexibility index (Phi) is 6.89. The Bertz CT molecular complexity index is 492. The van der Waals surface area contributed by atoms with Crippen molar-refractivity contribution < 1.29 is 19.4 Å². The van der Waals surface area contributed by atoms with E-state index in [1.165, 1.54) is 5.56 Å². The van der Waals surface area contributed by atoms with Gasteiger partial charge in [0.25, 0.3) is 5.91 Å². The number of rotatable bonds is 9. The van der Waals surface area contributed by atoms with Crippen LogP contribution in [0.3, 0.4) is 0 Å². The molecule has 2 N–H and O–H groups in total. The average molecular weight is 307 g/mol. The van der Waals surface area contributed by atoms with Crippen LogP contribution in [0.2, 0.25) is 0 Å². The van der Waals surface area contributed by atoms with Crippen LogP contribution in [-0.2, 0) is 16.0 Å². The molecule has 0 saturated heterocycles. The van der Waals surface area contributed by atoms with Gasteiger partial charge in [0.1, 0.15) is 5.75 Å². The second-order valence-corrected chi connectivity index (χ2v) is 5.36. The van der Waals surface area contributed by atoms with Crippen molar-refractivity contribution >= 4 is 11.9 Å². The summed E-state index contributed by atoms with van der Waals surface area (Å²) in [5.74, 6) is -0.566. The van der Waals surface area contributed by atoms with Crippen LogP contribution in [0.1, 0.15) is 39.2 Å². The highest BCUT2D eigenvalue weighted by Gasteiger charge is 2.35. The molecule has 5 nitrogen and oxygen atoms in total. The Morgan fingerprint density at radius 1 is 1.14 bits per heavy atom. The molecule has 0 aliphatic carbocycles. The van der Waals surface area contributed by atoms with E-state index in [-0.39, 0.29) is 19.1 Å². The maximum atomic E-state index is 11.8. The van der Waals surface area contributed by atoms with Crippen LogP contribution >= 0.6 is 0 Å². The molecule has 0 fully saturated rings. The first-order valence-electron chi connectivity index (χ1n) is 7.69. The molecule has 0 unspecified atom stereocenters. The van der Waals surface area contributed by atoms with Crippen LogP contribution in [-0.4, -0.2) is 30.1 Å². The van der Waals surface area contributed by atoms with Crippen LogP contribution in [0.25, 0.3) is 0 Å². The second-order valence-electron chi connectivity index (χ2n) is 5.36. The summed E-state index contributed by atoms with van der Waals surface area (Å²) in [6.07, 6.45) is 1.89. The average Bonchev–Trinajstić information content (AvgIpc) is 2.54. The van der Waals surface area contributed by atoms with Crippen molar-refractivity contribution in [2.24, 2.45) is 5.41 Å². The number of hydrogen-bond donors (Lipinski definition) is 2. The first kappa shape index (κ1) is 18.0. The van der Waals surface area contributed by atoms with E-state index in [0.29, 0.717) is 18.6 Å². The number of aryl methyl sites for hydroxylation is 1. The number of carboxylic acids is 1. The maximum Gasteiger partial charge on any atom is 0.311 e. The number of carbonyl (C=O) groups is 2. The summed E-state index contributed by atoms with van der Waals surface area (Å²) in [5, 5.41) is 12.0. The third-order valence-corrected chi connectivity index (χ3v) is 4.13. The zero-order chi connectivity index (χ0) is 16.6. The number of amides is 1. The van der Waals surface area contributed by atoms with Gasteiger partial charge in [0.2, 0.25) is 0 Å². The Morgan fingerprint density at radius 3 is 2.18 bits per heavy atom. The SMILES string of the molecule is CCc1ccc(OCC(=O)NCC(CC)(CC)C(=O)O)cc1. The number of hydrogen-bond acceptors (Lipinski definition) is 3. The molecule has 1 amide bonds. The van der Waals surface area contributed by atoms with Crippen molar-refractivity contribution in [2.45, 2.75) is 40.0 Å². The molecule has 1 rings (SSSR count). The molecule has 0 atom stereocenters. The van der Waals surface area contributed by atoms with Gasteiger partial charge in [-0.2, -0.15) is 0 Å². The fourth-order valence-corrected chi connectivity index (χ4v) is 2.17. The minimum absolute atomic E-state index is 0.116. The summed E-state index contributed by atoms with van der Waals surface area (Å²) in [6, 6.07) is 7.56. The zero-order valence-corrected chi connectivity index (χ0v) is 13.5. The van der Waals surface area contributed by atoms with Crippen LogP contribution in [0.15, 0.2) is 24.3 Å². The van der Waals surface area contributed by atoms with E-state index in [2.05, 4.69) is 12.2 Å². The maximum absolute atomic E-state index is 11.8. The highest BCUT2D eigenvalue weighted by molar-refractivity contribution is 5.80. The Morgan fingerprint density at radius 2 is 1.73 bits per heavy atom. The van der Waals surface area contributed by atoms with Gasteiger partial charge in [-0.05, 0) is 37.0 Å². The van der Waals surface area contributed by atoms with Gasteiger partial charge in [0.05, 0.1) is 5.41 Å². The summed E-state index contributed by atoms with van der Waals surface area (Å²) in [5.41, 5.74) is 0.298. The van der Waals surface area contributed by atoms with Crippen molar-refractivity contribution in [3.05, 3.63) is 29.8 Å². The molecule has 0 radical (unpaired) electrons. The molecular formula is C17H25NO4. The first-order valence-corrected chi connectivity index (χ1v) is 7.69. The molecule has 0 aliphatic heterocycles. The summed E-state index contributed by atoms with van der Waals surface area (Å²) in [7, 11) is 0. The molecule has 22 heavy (non-hydrogen) atoms. The number of carbonyl (C=O) groups excluding carboxylic acids is 1. The molecule has 0 saturated carbocycles. The lowest BCUT2D eigenvalue weighted by Gasteiger charge is -2.26. The van der Waals surface area contributed by atoms with Crippen molar-refractivity contribution in [1.82, 2.24) is 5.32 Å². The van der Waals surface area contributed by atoms with Gasteiger partial charge in [-0.15, -0.1) is 0 Å². The summed E-state index contributed by atoms with van der Waals surface area (Å²) in [4.78, 5) is 23.2. The Hall–Kier alpha value is -2.04. The molecule has 122 valence electrons. The topological polar surface area (TPSA) is 75.6 Å². The van der Waals surface area contributed by atoms with E-state index >= 15 is 0 Å². The molecule has 0 spiro atoms. The van der Waals surface area contributed by atoms with Gasteiger partial charge in [0, 0.05) is 6.54 Å². The fourth-order valence-electron chi connectivity index (χ4n) is 2.17. The normalized spacial score (nSPS) is 11.0. The zero-order valence-electron chi connectivity index (χ0n) is 13.5. The summed E-state index contributed by atoms with van der Waals surface area (Å²) >= 11 is 0. The van der Waals surface area contributed by atoms with Gasteiger partial charge >= 0.3 is 5.97 Å². The van der Waals surface area contributed by atoms with Crippen molar-refractivity contribution in [3.8, 4) is 5.75 Å². The van der Waals surface area contributed by atoms with Crippen molar-refractivity contribution in [2.75, 3.05) is 13.2 Å². The lowest BCUT2D eigenvalue weighted by atomic mass is 9.82. The smallest absolute Gasteiger partial charge is 0.311 e. The molecule has 0 aromatic heterocycles. The lowest BCUT2D eigenvalue weighted by molar-refractivity contribution is -0.149. The summed E-state index contributed by atoms with van der Waals surface area (Å²) < 4.78 is 5.40. The third-order valence-electron chi connectivity index (χ3n) is 4.13. The Balaban J connectivity index is 2.47. The highest BCUT2D eigenvalue weighted by atomic mass is 16.5. The number of nitrogens with one attached hydrogen (secondary N) is 1. The van der Waals surface area contributed by atoms with Crippen LogP contribution in [0, 0.1) is 5.41 Å². The van der Waals surface area contributed by atoms with E-state index < -0.39 is 11.4 Å². The fraction of sp³-hybridized carbons (Fsp3) is 0.529. The van der Waals surface area contributed by atoms with Gasteiger partial charge in [-0.25, -0.2) is 0 Å². The van der Waals surface area contributed by atoms with Gasteiger partial charge in [-0.1, -0.05) is 32.9 Å². The van der Waals surface area contributed by atoms with E-state index in [9.17, 15) is 14.7 Å². The minimum Gasteiger partial charge on any atom is -0.484 e. The number of benzene rings is 1. The van der Waals surface area contributed by atoms with E-state index in [1.807, 2.05) is 38.1 Å². The van der Waals surface area contributed by atoms with Crippen LogP contribution < -0.4 is 10.1 Å².